The number of hydrogen-bond donors (Lipinski definition) is 1. The molecule has 1 aromatic rings. The van der Waals surface area contributed by atoms with Crippen molar-refractivity contribution in [2.45, 2.75) is 31.3 Å². The predicted molar refractivity (Wildman–Crippen MR) is 58.4 cm³/mol. The van der Waals surface area contributed by atoms with E-state index in [9.17, 15) is 5.11 Å². The Morgan fingerprint density at radius 3 is 2.67 bits per heavy atom. The topological polar surface area (TPSA) is 42.4 Å². The van der Waals surface area contributed by atoms with Crippen molar-refractivity contribution in [2.24, 2.45) is 0 Å². The molecule has 0 bridgehead atoms. The lowest BCUT2D eigenvalue weighted by Gasteiger charge is -2.20. The molecule has 0 aromatic carbocycles. The molecule has 82 valence electrons. The molecule has 1 N–H and O–H groups in total. The lowest BCUT2D eigenvalue weighted by atomic mass is 9.92. The van der Waals surface area contributed by atoms with E-state index in [0.29, 0.717) is 11.0 Å². The molecule has 3 nitrogen and oxygen atoms in total. The van der Waals surface area contributed by atoms with Crippen LogP contribution in [0.25, 0.3) is 0 Å². The Morgan fingerprint density at radius 1 is 1.53 bits per heavy atom. The van der Waals surface area contributed by atoms with Gasteiger partial charge in [0.15, 0.2) is 0 Å². The normalized spacial score (nSPS) is 19.7. The summed E-state index contributed by atoms with van der Waals surface area (Å²) in [5, 5.41) is 10.2. The molecule has 15 heavy (non-hydrogen) atoms. The van der Waals surface area contributed by atoms with Crippen LogP contribution < -0.4 is 4.74 Å². The molecule has 1 atom stereocenters. The van der Waals surface area contributed by atoms with Crippen molar-refractivity contribution < 1.29 is 9.84 Å². The summed E-state index contributed by atoms with van der Waals surface area (Å²) in [6, 6.07) is 3.63. The maximum atomic E-state index is 9.77. The number of ether oxygens (including phenoxy) is 1. The standard InChI is InChI=1S/C11H14ClNO2/c1-7(14)11(5-6-11)8-3-4-9(12)13-10(8)15-2/h3-4,7,14H,5-6H2,1-2H3. The SMILES string of the molecule is COc1nc(Cl)ccc1C1(C(C)O)CC1. The lowest BCUT2D eigenvalue weighted by molar-refractivity contribution is 0.148. The second kappa shape index (κ2) is 3.65. The first-order valence-electron chi connectivity index (χ1n) is 4.99. The van der Waals surface area contributed by atoms with Crippen LogP contribution in [0.15, 0.2) is 12.1 Å². The molecule has 0 amide bonds. The van der Waals surface area contributed by atoms with Gasteiger partial charge in [-0.1, -0.05) is 11.6 Å². The van der Waals surface area contributed by atoms with E-state index in [0.717, 1.165) is 18.4 Å². The summed E-state index contributed by atoms with van der Waals surface area (Å²) < 4.78 is 5.20. The molecule has 4 heteroatoms. The van der Waals surface area contributed by atoms with Crippen molar-refractivity contribution in [2.75, 3.05) is 7.11 Å². The minimum atomic E-state index is -0.380. The van der Waals surface area contributed by atoms with Crippen LogP contribution in [0.3, 0.4) is 0 Å². The molecule has 2 rings (SSSR count). The van der Waals surface area contributed by atoms with Crippen molar-refractivity contribution in [3.05, 3.63) is 22.8 Å². The Hall–Kier alpha value is -0.800. The van der Waals surface area contributed by atoms with E-state index in [4.69, 9.17) is 16.3 Å². The minimum absolute atomic E-state index is 0.164. The van der Waals surface area contributed by atoms with Crippen LogP contribution in [0.5, 0.6) is 5.88 Å². The lowest BCUT2D eigenvalue weighted by Crippen LogP contribution is -2.23. The summed E-state index contributed by atoms with van der Waals surface area (Å²) in [6.07, 6.45) is 1.57. The van der Waals surface area contributed by atoms with Gasteiger partial charge in [-0.3, -0.25) is 0 Å². The fourth-order valence-electron chi connectivity index (χ4n) is 2.00. The Balaban J connectivity index is 2.44. The number of rotatable bonds is 3. The molecule has 0 aliphatic heterocycles. The molecule has 0 spiro atoms. The molecule has 1 fully saturated rings. The number of hydrogen-bond acceptors (Lipinski definition) is 3. The second-order valence-electron chi connectivity index (χ2n) is 4.02. The van der Waals surface area contributed by atoms with E-state index in [1.165, 1.54) is 0 Å². The highest BCUT2D eigenvalue weighted by Gasteiger charge is 2.50. The van der Waals surface area contributed by atoms with Gasteiger partial charge in [0.1, 0.15) is 5.15 Å². The molecule has 0 saturated heterocycles. The van der Waals surface area contributed by atoms with E-state index < -0.39 is 0 Å². The van der Waals surface area contributed by atoms with Gasteiger partial charge in [0, 0.05) is 11.0 Å². The maximum absolute atomic E-state index is 9.77. The van der Waals surface area contributed by atoms with Gasteiger partial charge < -0.3 is 9.84 Å². The second-order valence-corrected chi connectivity index (χ2v) is 4.41. The number of methoxy groups -OCH3 is 1. The zero-order valence-corrected chi connectivity index (χ0v) is 9.58. The molecule has 1 unspecified atom stereocenters. The fraction of sp³-hybridized carbons (Fsp3) is 0.545. The highest BCUT2D eigenvalue weighted by molar-refractivity contribution is 6.29. The van der Waals surface area contributed by atoms with Gasteiger partial charge in [0.05, 0.1) is 13.2 Å². The number of aliphatic hydroxyl groups excluding tert-OH is 1. The van der Waals surface area contributed by atoms with E-state index in [1.54, 1.807) is 20.1 Å². The van der Waals surface area contributed by atoms with Gasteiger partial charge in [0.25, 0.3) is 0 Å². The minimum Gasteiger partial charge on any atom is -0.481 e. The third kappa shape index (κ3) is 1.70. The van der Waals surface area contributed by atoms with E-state index in [2.05, 4.69) is 4.98 Å². The van der Waals surface area contributed by atoms with E-state index in [-0.39, 0.29) is 11.5 Å². The smallest absolute Gasteiger partial charge is 0.218 e. The van der Waals surface area contributed by atoms with Crippen LogP contribution in [0.4, 0.5) is 0 Å². The highest BCUT2D eigenvalue weighted by Crippen LogP contribution is 2.53. The summed E-state index contributed by atoms with van der Waals surface area (Å²) >= 11 is 5.79. The Bertz CT molecular complexity index is 375. The average Bonchev–Trinajstić information content (AvgIpc) is 2.98. The number of halogens is 1. The van der Waals surface area contributed by atoms with Crippen LogP contribution in [-0.4, -0.2) is 23.3 Å². The first-order chi connectivity index (χ1) is 7.10. The first-order valence-corrected chi connectivity index (χ1v) is 5.37. The van der Waals surface area contributed by atoms with Crippen molar-refractivity contribution >= 4 is 11.6 Å². The summed E-state index contributed by atoms with van der Waals surface area (Å²) in [4.78, 5) is 4.11. The van der Waals surface area contributed by atoms with E-state index in [1.807, 2.05) is 6.07 Å². The molecule has 1 aliphatic carbocycles. The first kappa shape index (κ1) is 10.7. The van der Waals surface area contributed by atoms with Crippen LogP contribution in [-0.2, 0) is 5.41 Å². The largest absolute Gasteiger partial charge is 0.481 e. The van der Waals surface area contributed by atoms with Gasteiger partial charge in [-0.05, 0) is 31.9 Å². The molecule has 1 aliphatic rings. The Labute approximate surface area is 94.0 Å². The average molecular weight is 228 g/mol. The van der Waals surface area contributed by atoms with Crippen LogP contribution in [0.2, 0.25) is 5.15 Å². The molecule has 1 saturated carbocycles. The predicted octanol–water partition coefficient (Wildman–Crippen LogP) is 2.16. The maximum Gasteiger partial charge on any atom is 0.218 e. The van der Waals surface area contributed by atoms with E-state index >= 15 is 0 Å². The van der Waals surface area contributed by atoms with Gasteiger partial charge in [-0.2, -0.15) is 0 Å². The molecular weight excluding hydrogens is 214 g/mol. The van der Waals surface area contributed by atoms with Gasteiger partial charge in [0.2, 0.25) is 5.88 Å². The van der Waals surface area contributed by atoms with Crippen LogP contribution in [0.1, 0.15) is 25.3 Å². The quantitative estimate of drug-likeness (QED) is 0.805. The highest BCUT2D eigenvalue weighted by atomic mass is 35.5. The summed E-state index contributed by atoms with van der Waals surface area (Å²) in [5.41, 5.74) is 0.799. The molecule has 1 aromatic heterocycles. The zero-order chi connectivity index (χ0) is 11.1. The number of aromatic nitrogens is 1. The fourth-order valence-corrected chi connectivity index (χ4v) is 2.14. The Kier molecular flexibility index (Phi) is 2.61. The Morgan fingerprint density at radius 2 is 2.20 bits per heavy atom. The van der Waals surface area contributed by atoms with Gasteiger partial charge in [-0.15, -0.1) is 0 Å². The monoisotopic (exact) mass is 227 g/mol. The molecular formula is C11H14ClNO2. The number of aliphatic hydroxyl groups is 1. The molecule has 1 heterocycles. The van der Waals surface area contributed by atoms with Crippen molar-refractivity contribution in [1.29, 1.82) is 0 Å². The van der Waals surface area contributed by atoms with Gasteiger partial charge >= 0.3 is 0 Å². The van der Waals surface area contributed by atoms with Crippen LogP contribution >= 0.6 is 11.6 Å². The zero-order valence-electron chi connectivity index (χ0n) is 8.83. The van der Waals surface area contributed by atoms with Crippen molar-refractivity contribution in [1.82, 2.24) is 4.98 Å². The summed E-state index contributed by atoms with van der Waals surface area (Å²) in [5.74, 6) is 0.529. The third-order valence-corrected chi connectivity index (χ3v) is 3.35. The third-order valence-electron chi connectivity index (χ3n) is 3.14. The molecule has 0 radical (unpaired) electrons. The number of nitrogens with zero attached hydrogens (tertiary/aromatic N) is 1. The van der Waals surface area contributed by atoms with Gasteiger partial charge in [-0.25, -0.2) is 4.98 Å². The number of pyridine rings is 1. The van der Waals surface area contributed by atoms with Crippen molar-refractivity contribution in [3.63, 3.8) is 0 Å². The summed E-state index contributed by atoms with van der Waals surface area (Å²) in [6.45, 7) is 1.81. The summed E-state index contributed by atoms with van der Waals surface area (Å²) in [7, 11) is 1.57. The van der Waals surface area contributed by atoms with Crippen molar-refractivity contribution in [3.8, 4) is 5.88 Å². The van der Waals surface area contributed by atoms with Crippen LogP contribution in [0, 0.1) is 0 Å².